The average Bonchev–Trinajstić information content (AvgIpc) is 2.46. The van der Waals surface area contributed by atoms with Gasteiger partial charge in [0.25, 0.3) is 0 Å². The molecule has 0 atom stereocenters. The van der Waals surface area contributed by atoms with Gasteiger partial charge in [-0.2, -0.15) is 0 Å². The van der Waals surface area contributed by atoms with Crippen LogP contribution in [0.5, 0.6) is 0 Å². The van der Waals surface area contributed by atoms with Crippen LogP contribution < -0.4 is 10.2 Å². The summed E-state index contributed by atoms with van der Waals surface area (Å²) < 4.78 is 13.4. The number of halogens is 1. The van der Waals surface area contributed by atoms with Crippen LogP contribution in [0.1, 0.15) is 20.3 Å². The maximum Gasteiger partial charge on any atom is 0.135 e. The Labute approximate surface area is 119 Å². The predicted octanol–water partition coefficient (Wildman–Crippen LogP) is 4.20. The summed E-state index contributed by atoms with van der Waals surface area (Å²) in [7, 11) is 0. The fourth-order valence-electron chi connectivity index (χ4n) is 2.05. The average molecular weight is 273 g/mol. The topological polar surface area (TPSA) is 28.2 Å². The van der Waals surface area contributed by atoms with Gasteiger partial charge >= 0.3 is 0 Å². The number of nitrogens with zero attached hydrogens (tertiary/aromatic N) is 2. The minimum atomic E-state index is -0.235. The second kappa shape index (κ2) is 6.89. The van der Waals surface area contributed by atoms with E-state index >= 15 is 0 Å². The van der Waals surface area contributed by atoms with Crippen LogP contribution in [0.3, 0.4) is 0 Å². The summed E-state index contributed by atoms with van der Waals surface area (Å²) in [6.45, 7) is 5.76. The third-order valence-corrected chi connectivity index (χ3v) is 3.00. The molecule has 106 valence electrons. The highest BCUT2D eigenvalue weighted by molar-refractivity contribution is 5.61. The van der Waals surface area contributed by atoms with Gasteiger partial charge in [0.15, 0.2) is 0 Å². The fraction of sp³-hybridized carbons (Fsp3) is 0.312. The van der Waals surface area contributed by atoms with E-state index in [1.54, 1.807) is 6.07 Å². The molecule has 0 aliphatic heterocycles. The van der Waals surface area contributed by atoms with Crippen molar-refractivity contribution in [1.82, 2.24) is 4.98 Å². The first kappa shape index (κ1) is 14.3. The lowest BCUT2D eigenvalue weighted by atomic mass is 10.2. The molecule has 0 radical (unpaired) electrons. The first-order valence-electron chi connectivity index (χ1n) is 6.98. The molecule has 1 aromatic heterocycles. The maximum absolute atomic E-state index is 13.4. The lowest BCUT2D eigenvalue weighted by molar-refractivity contribution is 0.627. The van der Waals surface area contributed by atoms with Gasteiger partial charge in [0, 0.05) is 18.8 Å². The Balaban J connectivity index is 2.27. The van der Waals surface area contributed by atoms with Gasteiger partial charge in [0.2, 0.25) is 0 Å². The van der Waals surface area contributed by atoms with Gasteiger partial charge in [-0.3, -0.25) is 0 Å². The van der Waals surface area contributed by atoms with Gasteiger partial charge < -0.3 is 10.2 Å². The zero-order chi connectivity index (χ0) is 14.4. The fourth-order valence-corrected chi connectivity index (χ4v) is 2.05. The number of benzene rings is 1. The van der Waals surface area contributed by atoms with E-state index in [2.05, 4.69) is 17.2 Å². The molecule has 0 aliphatic rings. The highest BCUT2D eigenvalue weighted by Gasteiger charge is 2.09. The molecule has 0 spiro atoms. The van der Waals surface area contributed by atoms with E-state index in [0.717, 1.165) is 36.8 Å². The van der Waals surface area contributed by atoms with E-state index in [1.165, 1.54) is 12.1 Å². The van der Waals surface area contributed by atoms with Crippen molar-refractivity contribution in [3.05, 3.63) is 48.3 Å². The first-order chi connectivity index (χ1) is 9.74. The minimum absolute atomic E-state index is 0.235. The predicted molar refractivity (Wildman–Crippen MR) is 82.1 cm³/mol. The Morgan fingerprint density at radius 3 is 2.65 bits per heavy atom. The summed E-state index contributed by atoms with van der Waals surface area (Å²) >= 11 is 0. The molecule has 3 nitrogen and oxygen atoms in total. The molecule has 0 saturated carbocycles. The van der Waals surface area contributed by atoms with E-state index in [0.29, 0.717) is 0 Å². The molecule has 0 bridgehead atoms. The lowest BCUT2D eigenvalue weighted by Gasteiger charge is -2.22. The molecule has 2 rings (SSSR count). The van der Waals surface area contributed by atoms with Crippen molar-refractivity contribution >= 4 is 17.3 Å². The summed E-state index contributed by atoms with van der Waals surface area (Å²) in [6, 6.07) is 12.4. The second-order valence-electron chi connectivity index (χ2n) is 4.53. The number of nitrogens with one attached hydrogen (secondary N) is 1. The molecule has 0 unspecified atom stereocenters. The highest BCUT2D eigenvalue weighted by atomic mass is 19.1. The zero-order valence-electron chi connectivity index (χ0n) is 11.9. The molecule has 0 amide bonds. The Morgan fingerprint density at radius 1 is 1.15 bits per heavy atom. The monoisotopic (exact) mass is 273 g/mol. The Morgan fingerprint density at radius 2 is 1.95 bits per heavy atom. The SMILES string of the molecule is CCCNc1cccc(N(CC)c2cccc(F)c2)n1. The van der Waals surface area contributed by atoms with Crippen molar-refractivity contribution in [1.29, 1.82) is 0 Å². The van der Waals surface area contributed by atoms with Gasteiger partial charge in [-0.1, -0.05) is 19.1 Å². The quantitative estimate of drug-likeness (QED) is 0.855. The van der Waals surface area contributed by atoms with Crippen LogP contribution in [0, 0.1) is 5.82 Å². The van der Waals surface area contributed by atoms with Crippen LogP contribution in [-0.4, -0.2) is 18.1 Å². The normalized spacial score (nSPS) is 10.3. The zero-order valence-corrected chi connectivity index (χ0v) is 11.9. The van der Waals surface area contributed by atoms with E-state index < -0.39 is 0 Å². The van der Waals surface area contributed by atoms with E-state index in [4.69, 9.17) is 0 Å². The molecule has 0 fully saturated rings. The summed E-state index contributed by atoms with van der Waals surface area (Å²) in [5, 5.41) is 3.26. The summed E-state index contributed by atoms with van der Waals surface area (Å²) in [6.07, 6.45) is 1.05. The van der Waals surface area contributed by atoms with Crippen molar-refractivity contribution in [2.24, 2.45) is 0 Å². The molecular weight excluding hydrogens is 253 g/mol. The number of aromatic nitrogens is 1. The third-order valence-electron chi connectivity index (χ3n) is 3.00. The Kier molecular flexibility index (Phi) is 4.93. The van der Waals surface area contributed by atoms with E-state index in [9.17, 15) is 4.39 Å². The maximum atomic E-state index is 13.4. The number of hydrogen-bond acceptors (Lipinski definition) is 3. The van der Waals surface area contributed by atoms with Crippen LogP contribution in [0.25, 0.3) is 0 Å². The first-order valence-corrected chi connectivity index (χ1v) is 6.98. The lowest BCUT2D eigenvalue weighted by Crippen LogP contribution is -2.18. The number of pyridine rings is 1. The summed E-state index contributed by atoms with van der Waals surface area (Å²) in [5.41, 5.74) is 0.813. The second-order valence-corrected chi connectivity index (χ2v) is 4.53. The van der Waals surface area contributed by atoms with Crippen molar-refractivity contribution < 1.29 is 4.39 Å². The van der Waals surface area contributed by atoms with Gasteiger partial charge in [0.05, 0.1) is 0 Å². The summed E-state index contributed by atoms with van der Waals surface area (Å²) in [5.74, 6) is 1.43. The Bertz CT molecular complexity index is 557. The van der Waals surface area contributed by atoms with Crippen LogP contribution in [0.4, 0.5) is 21.7 Å². The van der Waals surface area contributed by atoms with Crippen molar-refractivity contribution in [2.75, 3.05) is 23.3 Å². The molecule has 20 heavy (non-hydrogen) atoms. The van der Waals surface area contributed by atoms with E-state index in [1.807, 2.05) is 36.1 Å². The smallest absolute Gasteiger partial charge is 0.135 e. The highest BCUT2D eigenvalue weighted by Crippen LogP contribution is 2.24. The standard InChI is InChI=1S/C16H20FN3/c1-3-11-18-15-9-6-10-16(19-15)20(4-2)14-8-5-7-13(17)12-14/h5-10,12H,3-4,11H2,1-2H3,(H,18,19). The number of anilines is 3. The van der Waals surface area contributed by atoms with Crippen LogP contribution in [0.15, 0.2) is 42.5 Å². The largest absolute Gasteiger partial charge is 0.370 e. The molecule has 0 aliphatic carbocycles. The van der Waals surface area contributed by atoms with Crippen LogP contribution in [0.2, 0.25) is 0 Å². The Hall–Kier alpha value is -2.10. The van der Waals surface area contributed by atoms with Crippen LogP contribution in [-0.2, 0) is 0 Å². The van der Waals surface area contributed by atoms with Crippen molar-refractivity contribution in [3.63, 3.8) is 0 Å². The molecule has 2 aromatic rings. The number of rotatable bonds is 6. The van der Waals surface area contributed by atoms with Gasteiger partial charge in [-0.25, -0.2) is 9.37 Å². The molecule has 1 N–H and O–H groups in total. The molecule has 1 aromatic carbocycles. The van der Waals surface area contributed by atoms with Gasteiger partial charge in [0.1, 0.15) is 17.5 Å². The van der Waals surface area contributed by atoms with Crippen LogP contribution >= 0.6 is 0 Å². The molecule has 0 saturated heterocycles. The minimum Gasteiger partial charge on any atom is -0.370 e. The third kappa shape index (κ3) is 3.47. The van der Waals surface area contributed by atoms with Crippen molar-refractivity contribution in [3.8, 4) is 0 Å². The van der Waals surface area contributed by atoms with E-state index in [-0.39, 0.29) is 5.82 Å². The van der Waals surface area contributed by atoms with Gasteiger partial charge in [-0.15, -0.1) is 0 Å². The molecule has 4 heteroatoms. The van der Waals surface area contributed by atoms with Crippen molar-refractivity contribution in [2.45, 2.75) is 20.3 Å². The molecule has 1 heterocycles. The summed E-state index contributed by atoms with van der Waals surface area (Å²) in [4.78, 5) is 6.57. The van der Waals surface area contributed by atoms with Gasteiger partial charge in [-0.05, 0) is 43.7 Å². The molecular formula is C16H20FN3. The number of hydrogen-bond donors (Lipinski definition) is 1.